The molecule has 0 saturated carbocycles. The lowest BCUT2D eigenvalue weighted by molar-refractivity contribution is 0.200. The molecule has 0 aliphatic heterocycles. The Morgan fingerprint density at radius 2 is 1.76 bits per heavy atom. The monoisotopic (exact) mass is 315 g/mol. The van der Waals surface area contributed by atoms with E-state index in [9.17, 15) is 8.42 Å². The van der Waals surface area contributed by atoms with Crippen LogP contribution in [0.4, 0.5) is 5.69 Å². The van der Waals surface area contributed by atoms with E-state index in [0.29, 0.717) is 6.61 Å². The maximum absolute atomic E-state index is 12.0. The summed E-state index contributed by atoms with van der Waals surface area (Å²) >= 11 is 0. The van der Waals surface area contributed by atoms with E-state index in [1.807, 2.05) is 0 Å². The zero-order chi connectivity index (χ0) is 15.7. The quantitative estimate of drug-likeness (QED) is 0.562. The normalized spacial score (nSPS) is 11.8. The fraction of sp³-hybridized carbons (Fsp3) is 0.571. The van der Waals surface area contributed by atoms with Gasteiger partial charge < -0.3 is 15.4 Å². The second kappa shape index (κ2) is 8.99. The molecule has 0 radical (unpaired) electrons. The van der Waals surface area contributed by atoms with E-state index in [2.05, 4.69) is 15.4 Å². The predicted octanol–water partition coefficient (Wildman–Crippen LogP) is 1.02. The second-order valence-electron chi connectivity index (χ2n) is 4.97. The molecule has 0 atom stereocenters. The van der Waals surface area contributed by atoms with Gasteiger partial charge in [-0.2, -0.15) is 0 Å². The number of ether oxygens (including phenoxy) is 1. The van der Waals surface area contributed by atoms with Crippen molar-refractivity contribution in [2.45, 2.75) is 24.8 Å². The first kappa shape index (κ1) is 17.9. The Balaban J connectivity index is 2.44. The van der Waals surface area contributed by atoms with Crippen molar-refractivity contribution in [2.24, 2.45) is 0 Å². The summed E-state index contributed by atoms with van der Waals surface area (Å²) in [6, 6.07) is 6.62. The lowest BCUT2D eigenvalue weighted by Crippen LogP contribution is -2.30. The third kappa shape index (κ3) is 6.90. The fourth-order valence-corrected chi connectivity index (χ4v) is 2.98. The summed E-state index contributed by atoms with van der Waals surface area (Å²) in [7, 11) is -1.75. The predicted molar refractivity (Wildman–Crippen MR) is 85.1 cm³/mol. The van der Waals surface area contributed by atoms with E-state index in [1.165, 1.54) is 0 Å². The fourth-order valence-electron chi connectivity index (χ4n) is 1.72. The molecular weight excluding hydrogens is 290 g/mol. The van der Waals surface area contributed by atoms with Crippen molar-refractivity contribution in [2.75, 3.05) is 38.7 Å². The van der Waals surface area contributed by atoms with E-state index < -0.39 is 10.0 Å². The van der Waals surface area contributed by atoms with Crippen molar-refractivity contribution in [3.8, 4) is 0 Å². The topological polar surface area (TPSA) is 79.5 Å². The SMILES string of the molecule is COCCNCCNc1ccc(S(=O)(=O)NC(C)C)cc1. The first-order valence-electron chi connectivity index (χ1n) is 7.01. The van der Waals surface area contributed by atoms with Gasteiger partial charge in [-0.3, -0.25) is 0 Å². The number of hydrogen-bond donors (Lipinski definition) is 3. The summed E-state index contributed by atoms with van der Waals surface area (Å²) in [5, 5.41) is 6.44. The van der Waals surface area contributed by atoms with Crippen LogP contribution in [-0.2, 0) is 14.8 Å². The molecule has 0 saturated heterocycles. The molecule has 1 rings (SSSR count). The minimum absolute atomic E-state index is 0.119. The Hall–Kier alpha value is -1.15. The minimum Gasteiger partial charge on any atom is -0.384 e. The summed E-state index contributed by atoms with van der Waals surface area (Å²) in [6.07, 6.45) is 0. The molecule has 0 aliphatic rings. The van der Waals surface area contributed by atoms with Crippen LogP contribution < -0.4 is 15.4 Å². The standard InChI is InChI=1S/C14H25N3O3S/c1-12(2)17-21(18,19)14-6-4-13(5-7-14)16-9-8-15-10-11-20-3/h4-7,12,15-17H,8-11H2,1-3H3. The van der Waals surface area contributed by atoms with Crippen LogP contribution >= 0.6 is 0 Å². The smallest absolute Gasteiger partial charge is 0.240 e. The van der Waals surface area contributed by atoms with Crippen molar-refractivity contribution in [3.05, 3.63) is 24.3 Å². The highest BCUT2D eigenvalue weighted by Gasteiger charge is 2.14. The number of nitrogens with one attached hydrogen (secondary N) is 3. The number of rotatable bonds is 10. The third-order valence-electron chi connectivity index (χ3n) is 2.67. The molecule has 1 aromatic carbocycles. The van der Waals surface area contributed by atoms with Crippen LogP contribution in [0.25, 0.3) is 0 Å². The van der Waals surface area contributed by atoms with Crippen LogP contribution in [0.2, 0.25) is 0 Å². The molecule has 0 aliphatic carbocycles. The Bertz CT molecular complexity index is 501. The molecule has 3 N–H and O–H groups in total. The molecular formula is C14H25N3O3S. The third-order valence-corrected chi connectivity index (χ3v) is 4.34. The summed E-state index contributed by atoms with van der Waals surface area (Å²) in [6.45, 7) is 6.68. The number of methoxy groups -OCH3 is 1. The zero-order valence-corrected chi connectivity index (χ0v) is 13.7. The van der Waals surface area contributed by atoms with Gasteiger partial charge in [0, 0.05) is 38.5 Å². The largest absolute Gasteiger partial charge is 0.384 e. The van der Waals surface area contributed by atoms with Gasteiger partial charge in [0.15, 0.2) is 0 Å². The van der Waals surface area contributed by atoms with Gasteiger partial charge >= 0.3 is 0 Å². The highest BCUT2D eigenvalue weighted by atomic mass is 32.2. The molecule has 0 bridgehead atoms. The average Bonchev–Trinajstić information content (AvgIpc) is 2.42. The molecule has 0 unspecified atom stereocenters. The van der Waals surface area contributed by atoms with E-state index in [1.54, 1.807) is 45.2 Å². The maximum atomic E-state index is 12.0. The molecule has 120 valence electrons. The number of benzene rings is 1. The summed E-state index contributed by atoms with van der Waals surface area (Å²) in [4.78, 5) is 0.278. The van der Waals surface area contributed by atoms with Crippen molar-refractivity contribution in [1.29, 1.82) is 0 Å². The van der Waals surface area contributed by atoms with Crippen LogP contribution in [0.5, 0.6) is 0 Å². The van der Waals surface area contributed by atoms with Gasteiger partial charge in [-0.25, -0.2) is 13.1 Å². The van der Waals surface area contributed by atoms with Gasteiger partial charge in [-0.1, -0.05) is 0 Å². The lowest BCUT2D eigenvalue weighted by Gasteiger charge is -2.11. The Labute approximate surface area is 127 Å². The summed E-state index contributed by atoms with van der Waals surface area (Å²) in [5.74, 6) is 0. The van der Waals surface area contributed by atoms with Gasteiger partial charge in [0.1, 0.15) is 0 Å². The Kier molecular flexibility index (Phi) is 7.66. The van der Waals surface area contributed by atoms with Crippen LogP contribution in [0.1, 0.15) is 13.8 Å². The van der Waals surface area contributed by atoms with Gasteiger partial charge in [-0.15, -0.1) is 0 Å². The average molecular weight is 315 g/mol. The molecule has 1 aromatic rings. The molecule has 6 nitrogen and oxygen atoms in total. The van der Waals surface area contributed by atoms with E-state index in [4.69, 9.17) is 4.74 Å². The second-order valence-corrected chi connectivity index (χ2v) is 6.68. The molecule has 0 heterocycles. The molecule has 0 spiro atoms. The molecule has 21 heavy (non-hydrogen) atoms. The summed E-state index contributed by atoms with van der Waals surface area (Å²) in [5.41, 5.74) is 0.895. The van der Waals surface area contributed by atoms with Crippen molar-refractivity contribution >= 4 is 15.7 Å². The number of sulfonamides is 1. The van der Waals surface area contributed by atoms with Crippen LogP contribution in [-0.4, -0.2) is 47.8 Å². The van der Waals surface area contributed by atoms with E-state index in [-0.39, 0.29) is 10.9 Å². The van der Waals surface area contributed by atoms with Crippen molar-refractivity contribution < 1.29 is 13.2 Å². The molecule has 7 heteroatoms. The van der Waals surface area contributed by atoms with Gasteiger partial charge in [-0.05, 0) is 38.1 Å². The van der Waals surface area contributed by atoms with Gasteiger partial charge in [0.25, 0.3) is 0 Å². The number of hydrogen-bond acceptors (Lipinski definition) is 5. The Morgan fingerprint density at radius 1 is 1.10 bits per heavy atom. The maximum Gasteiger partial charge on any atom is 0.240 e. The zero-order valence-electron chi connectivity index (χ0n) is 12.8. The highest BCUT2D eigenvalue weighted by molar-refractivity contribution is 7.89. The Morgan fingerprint density at radius 3 is 2.33 bits per heavy atom. The minimum atomic E-state index is -3.42. The highest BCUT2D eigenvalue weighted by Crippen LogP contribution is 2.14. The van der Waals surface area contributed by atoms with Crippen LogP contribution in [0, 0.1) is 0 Å². The van der Waals surface area contributed by atoms with Gasteiger partial charge in [0.05, 0.1) is 11.5 Å². The first-order valence-corrected chi connectivity index (χ1v) is 8.50. The molecule has 0 aromatic heterocycles. The summed E-state index contributed by atoms with van der Waals surface area (Å²) < 4.78 is 31.4. The van der Waals surface area contributed by atoms with Crippen molar-refractivity contribution in [1.82, 2.24) is 10.0 Å². The van der Waals surface area contributed by atoms with Crippen LogP contribution in [0.15, 0.2) is 29.2 Å². The van der Waals surface area contributed by atoms with E-state index >= 15 is 0 Å². The lowest BCUT2D eigenvalue weighted by atomic mass is 10.3. The molecule has 0 fully saturated rings. The first-order chi connectivity index (χ1) is 9.95. The van der Waals surface area contributed by atoms with Crippen molar-refractivity contribution in [3.63, 3.8) is 0 Å². The van der Waals surface area contributed by atoms with Crippen LogP contribution in [0.3, 0.4) is 0 Å². The van der Waals surface area contributed by atoms with E-state index in [0.717, 1.165) is 25.3 Å². The molecule has 0 amide bonds. The van der Waals surface area contributed by atoms with Gasteiger partial charge in [0.2, 0.25) is 10.0 Å². The number of anilines is 1.